The van der Waals surface area contributed by atoms with Gasteiger partial charge in [-0.2, -0.15) is 0 Å². The molecule has 0 spiro atoms. The molecule has 2 amide bonds. The average Bonchev–Trinajstić information content (AvgIpc) is 2.81. The first-order valence-corrected chi connectivity index (χ1v) is 14.4. The second kappa shape index (κ2) is 12.9. The van der Waals surface area contributed by atoms with Gasteiger partial charge in [0.1, 0.15) is 11.8 Å². The maximum Gasteiger partial charge on any atom is 0.243 e. The highest BCUT2D eigenvalue weighted by Crippen LogP contribution is 2.23. The minimum Gasteiger partial charge on any atom is -0.497 e. The quantitative estimate of drug-likeness (QED) is 0.441. The number of carbonyl (C=O) groups is 2. The summed E-state index contributed by atoms with van der Waals surface area (Å²) < 4.78 is 31.4. The monoisotopic (exact) mass is 531 g/mol. The number of amides is 2. The molecule has 0 bridgehead atoms. The minimum atomic E-state index is -3.56. The maximum atomic E-state index is 13.5. The molecule has 1 N–H and O–H groups in total. The Hall–Kier alpha value is -3.07. The Labute approximate surface area is 222 Å². The normalized spacial score (nSPS) is 12.5. The number of hydrogen-bond donors (Lipinski definition) is 1. The molecule has 204 valence electrons. The number of methoxy groups -OCH3 is 1. The first-order valence-electron chi connectivity index (χ1n) is 12.5. The summed E-state index contributed by atoms with van der Waals surface area (Å²) in [6.45, 7) is 10.0. The molecule has 2 rings (SSSR count). The van der Waals surface area contributed by atoms with Gasteiger partial charge in [0.05, 0.1) is 19.1 Å². The molecular formula is C28H41N3O5S. The molecule has 37 heavy (non-hydrogen) atoms. The number of nitrogens with one attached hydrogen (secondary N) is 1. The number of carbonyl (C=O) groups excluding carboxylic acids is 2. The smallest absolute Gasteiger partial charge is 0.243 e. The van der Waals surface area contributed by atoms with Gasteiger partial charge in [-0.1, -0.05) is 36.8 Å². The summed E-state index contributed by atoms with van der Waals surface area (Å²) >= 11 is 0. The van der Waals surface area contributed by atoms with Crippen molar-refractivity contribution in [3.8, 4) is 5.75 Å². The van der Waals surface area contributed by atoms with Crippen molar-refractivity contribution in [3.63, 3.8) is 0 Å². The lowest BCUT2D eigenvalue weighted by atomic mass is 10.0. The van der Waals surface area contributed by atoms with E-state index in [9.17, 15) is 18.0 Å². The van der Waals surface area contributed by atoms with Crippen LogP contribution in [0.4, 0.5) is 5.69 Å². The molecule has 8 nitrogen and oxygen atoms in total. The van der Waals surface area contributed by atoms with Crippen LogP contribution < -0.4 is 14.4 Å². The Morgan fingerprint density at radius 2 is 1.62 bits per heavy atom. The highest BCUT2D eigenvalue weighted by atomic mass is 32.2. The summed E-state index contributed by atoms with van der Waals surface area (Å²) in [5.41, 5.74) is 2.11. The molecular weight excluding hydrogens is 490 g/mol. The first kappa shape index (κ1) is 30.2. The highest BCUT2D eigenvalue weighted by Gasteiger charge is 2.30. The van der Waals surface area contributed by atoms with Crippen LogP contribution in [0.15, 0.2) is 48.5 Å². The number of anilines is 1. The van der Waals surface area contributed by atoms with E-state index in [-0.39, 0.29) is 24.8 Å². The van der Waals surface area contributed by atoms with Gasteiger partial charge in [0, 0.05) is 25.0 Å². The third-order valence-electron chi connectivity index (χ3n) is 5.87. The Kier molecular flexibility index (Phi) is 10.5. The van der Waals surface area contributed by atoms with Gasteiger partial charge in [0.25, 0.3) is 0 Å². The zero-order valence-electron chi connectivity index (χ0n) is 23.1. The van der Waals surface area contributed by atoms with E-state index in [2.05, 4.69) is 5.32 Å². The Morgan fingerprint density at radius 1 is 1.03 bits per heavy atom. The van der Waals surface area contributed by atoms with Crippen molar-refractivity contribution in [2.75, 3.05) is 24.2 Å². The Balaban J connectivity index is 2.22. The summed E-state index contributed by atoms with van der Waals surface area (Å²) in [5.74, 6) is 0.226. The summed E-state index contributed by atoms with van der Waals surface area (Å²) in [6, 6.07) is 14.0. The SMILES string of the molecule is CC[C@H](C(=O)NC(C)(C)C)N(Cc1ccc(C)cc1)C(=O)CCCN(c1ccc(OC)cc1)S(C)(=O)=O. The maximum absolute atomic E-state index is 13.5. The number of rotatable bonds is 12. The molecule has 0 saturated heterocycles. The molecule has 2 aromatic carbocycles. The summed E-state index contributed by atoms with van der Waals surface area (Å²) in [5, 5.41) is 2.99. The van der Waals surface area contributed by atoms with Gasteiger partial charge in [0.2, 0.25) is 21.8 Å². The molecule has 0 aliphatic rings. The number of benzene rings is 2. The molecule has 0 saturated carbocycles. The van der Waals surface area contributed by atoms with Gasteiger partial charge in [-0.15, -0.1) is 0 Å². The predicted molar refractivity (Wildman–Crippen MR) is 148 cm³/mol. The fraction of sp³-hybridized carbons (Fsp3) is 0.500. The van der Waals surface area contributed by atoms with E-state index in [0.29, 0.717) is 30.8 Å². The second-order valence-corrected chi connectivity index (χ2v) is 12.2. The summed E-state index contributed by atoms with van der Waals surface area (Å²) in [7, 11) is -2.02. The highest BCUT2D eigenvalue weighted by molar-refractivity contribution is 7.92. The first-order chi connectivity index (χ1) is 17.2. The molecule has 0 aromatic heterocycles. The van der Waals surface area contributed by atoms with Gasteiger partial charge < -0.3 is 15.0 Å². The van der Waals surface area contributed by atoms with Gasteiger partial charge in [0.15, 0.2) is 0 Å². The van der Waals surface area contributed by atoms with Crippen LogP contribution in [-0.4, -0.2) is 56.6 Å². The van der Waals surface area contributed by atoms with Crippen molar-refractivity contribution in [2.24, 2.45) is 0 Å². The number of nitrogens with zero attached hydrogens (tertiary/aromatic N) is 2. The molecule has 0 fully saturated rings. The lowest BCUT2D eigenvalue weighted by Crippen LogP contribution is -2.53. The minimum absolute atomic E-state index is 0.104. The summed E-state index contributed by atoms with van der Waals surface area (Å²) in [6.07, 6.45) is 2.01. The molecule has 2 aromatic rings. The molecule has 0 radical (unpaired) electrons. The van der Waals surface area contributed by atoms with Crippen LogP contribution in [0.3, 0.4) is 0 Å². The van der Waals surface area contributed by atoms with Crippen molar-refractivity contribution in [1.29, 1.82) is 0 Å². The number of hydrogen-bond acceptors (Lipinski definition) is 5. The van der Waals surface area contributed by atoms with Gasteiger partial charge in [-0.05, 0) is 70.4 Å². The Bertz CT molecular complexity index is 1140. The lowest BCUT2D eigenvalue weighted by Gasteiger charge is -2.33. The largest absolute Gasteiger partial charge is 0.497 e. The van der Waals surface area contributed by atoms with Crippen LogP contribution in [0.5, 0.6) is 5.75 Å². The van der Waals surface area contributed by atoms with E-state index < -0.39 is 21.6 Å². The van der Waals surface area contributed by atoms with E-state index in [1.54, 1.807) is 36.3 Å². The third kappa shape index (κ3) is 9.39. The number of sulfonamides is 1. The molecule has 0 aliphatic heterocycles. The van der Waals surface area contributed by atoms with Crippen molar-refractivity contribution < 1.29 is 22.7 Å². The van der Waals surface area contributed by atoms with Crippen molar-refractivity contribution in [1.82, 2.24) is 10.2 Å². The van der Waals surface area contributed by atoms with E-state index in [1.807, 2.05) is 58.9 Å². The van der Waals surface area contributed by atoms with E-state index in [0.717, 1.165) is 17.4 Å². The molecule has 1 atom stereocenters. The molecule has 0 unspecified atom stereocenters. The van der Waals surface area contributed by atoms with Gasteiger partial charge >= 0.3 is 0 Å². The molecule has 9 heteroatoms. The van der Waals surface area contributed by atoms with Crippen LogP contribution in [0.1, 0.15) is 58.1 Å². The Morgan fingerprint density at radius 3 is 2.11 bits per heavy atom. The fourth-order valence-electron chi connectivity index (χ4n) is 4.01. The number of ether oxygens (including phenoxy) is 1. The second-order valence-electron chi connectivity index (χ2n) is 10.3. The van der Waals surface area contributed by atoms with Crippen molar-refractivity contribution >= 4 is 27.5 Å². The zero-order valence-corrected chi connectivity index (χ0v) is 23.9. The van der Waals surface area contributed by atoms with E-state index in [4.69, 9.17) is 4.74 Å². The predicted octanol–water partition coefficient (Wildman–Crippen LogP) is 4.27. The van der Waals surface area contributed by atoms with E-state index in [1.165, 1.54) is 4.31 Å². The fourth-order valence-corrected chi connectivity index (χ4v) is 4.98. The van der Waals surface area contributed by atoms with Crippen LogP contribution in [-0.2, 0) is 26.2 Å². The van der Waals surface area contributed by atoms with Crippen LogP contribution in [0.25, 0.3) is 0 Å². The van der Waals surface area contributed by atoms with Crippen LogP contribution in [0, 0.1) is 6.92 Å². The molecule has 0 heterocycles. The number of aryl methyl sites for hydroxylation is 1. The zero-order chi connectivity index (χ0) is 27.8. The van der Waals surface area contributed by atoms with Gasteiger partial charge in [-0.3, -0.25) is 13.9 Å². The molecule has 0 aliphatic carbocycles. The third-order valence-corrected chi connectivity index (χ3v) is 7.06. The topological polar surface area (TPSA) is 96.0 Å². The van der Waals surface area contributed by atoms with E-state index >= 15 is 0 Å². The standard InChI is InChI=1S/C28H41N3O5S/c1-8-25(27(33)29-28(3,4)5)30(20-22-13-11-21(2)12-14-22)26(32)10-9-19-31(37(7,34)35)23-15-17-24(36-6)18-16-23/h11-18,25H,8-10,19-20H2,1-7H3,(H,29,33)/t25-/m1/s1. The van der Waals surface area contributed by atoms with Crippen LogP contribution >= 0.6 is 0 Å². The lowest BCUT2D eigenvalue weighted by molar-refractivity contribution is -0.142. The van der Waals surface area contributed by atoms with Gasteiger partial charge in [-0.25, -0.2) is 8.42 Å². The van der Waals surface area contributed by atoms with Crippen molar-refractivity contribution in [3.05, 3.63) is 59.7 Å². The summed E-state index contributed by atoms with van der Waals surface area (Å²) in [4.78, 5) is 28.2. The van der Waals surface area contributed by atoms with Crippen molar-refractivity contribution in [2.45, 2.75) is 72.0 Å². The van der Waals surface area contributed by atoms with Crippen LogP contribution in [0.2, 0.25) is 0 Å². The average molecular weight is 532 g/mol.